The van der Waals surface area contributed by atoms with Crippen LogP contribution in [-0.4, -0.2) is 47.2 Å². The molecule has 1 heterocycles. The highest BCUT2D eigenvalue weighted by molar-refractivity contribution is 5.69. The summed E-state index contributed by atoms with van der Waals surface area (Å²) in [5.41, 5.74) is -1.06. The van der Waals surface area contributed by atoms with E-state index in [0.29, 0.717) is 19.4 Å². The van der Waals surface area contributed by atoms with E-state index in [1.807, 2.05) is 0 Å². The molecule has 0 aromatic rings. The molecule has 5 nitrogen and oxygen atoms in total. The van der Waals surface area contributed by atoms with E-state index < -0.39 is 17.8 Å². The van der Waals surface area contributed by atoms with Gasteiger partial charge >= 0.3 is 5.97 Å². The summed E-state index contributed by atoms with van der Waals surface area (Å²) in [5, 5.41) is 20.2. The Bertz CT molecular complexity index is 460. The predicted molar refractivity (Wildman–Crippen MR) is 121 cm³/mol. The Kier molecular flexibility index (Phi) is 15.1. The average molecular weight is 427 g/mol. The van der Waals surface area contributed by atoms with E-state index in [-0.39, 0.29) is 12.6 Å². The highest BCUT2D eigenvalue weighted by atomic mass is 16.6. The molecular formula is C25H46O5. The Balaban J connectivity index is 1.88. The number of allylic oxidation sites excluding steroid dienone is 2. The van der Waals surface area contributed by atoms with Crippen molar-refractivity contribution in [1.82, 2.24) is 0 Å². The normalized spacial score (nSPS) is 22.6. The van der Waals surface area contributed by atoms with Gasteiger partial charge in [0, 0.05) is 12.8 Å². The van der Waals surface area contributed by atoms with E-state index in [1.54, 1.807) is 6.92 Å². The molecule has 0 radical (unpaired) electrons. The lowest BCUT2D eigenvalue weighted by molar-refractivity contribution is -0.154. The summed E-state index contributed by atoms with van der Waals surface area (Å²) >= 11 is 0. The van der Waals surface area contributed by atoms with Crippen LogP contribution in [0.4, 0.5) is 0 Å². The molecule has 1 fully saturated rings. The molecule has 0 aromatic carbocycles. The minimum absolute atomic E-state index is 0.119. The smallest absolute Gasteiger partial charge is 0.305 e. The van der Waals surface area contributed by atoms with Gasteiger partial charge in [0.15, 0.2) is 0 Å². The van der Waals surface area contributed by atoms with Gasteiger partial charge in [-0.2, -0.15) is 0 Å². The van der Waals surface area contributed by atoms with Crippen LogP contribution in [-0.2, 0) is 14.3 Å². The average Bonchev–Trinajstić information content (AvgIpc) is 3.08. The van der Waals surface area contributed by atoms with E-state index in [0.717, 1.165) is 19.3 Å². The van der Waals surface area contributed by atoms with Gasteiger partial charge in [-0.15, -0.1) is 0 Å². The molecule has 1 aliphatic heterocycles. The second-order valence-electron chi connectivity index (χ2n) is 8.98. The van der Waals surface area contributed by atoms with Gasteiger partial charge in [-0.25, -0.2) is 0 Å². The Morgan fingerprint density at radius 3 is 2.17 bits per heavy atom. The first-order valence-corrected chi connectivity index (χ1v) is 12.3. The maximum Gasteiger partial charge on any atom is 0.305 e. The van der Waals surface area contributed by atoms with Crippen LogP contribution in [0.25, 0.3) is 0 Å². The molecule has 3 unspecified atom stereocenters. The van der Waals surface area contributed by atoms with Crippen molar-refractivity contribution in [2.45, 2.75) is 128 Å². The lowest BCUT2D eigenvalue weighted by atomic mass is 9.94. The molecule has 0 bridgehead atoms. The van der Waals surface area contributed by atoms with Gasteiger partial charge in [-0.1, -0.05) is 70.4 Å². The van der Waals surface area contributed by atoms with Gasteiger partial charge in [-0.3, -0.25) is 4.79 Å². The van der Waals surface area contributed by atoms with Crippen molar-refractivity contribution in [3.05, 3.63) is 12.2 Å². The van der Waals surface area contributed by atoms with Gasteiger partial charge in [-0.05, 0) is 39.0 Å². The maximum atomic E-state index is 11.8. The Labute approximate surface area is 184 Å². The zero-order valence-corrected chi connectivity index (χ0v) is 19.4. The molecule has 1 aliphatic rings. The van der Waals surface area contributed by atoms with Crippen molar-refractivity contribution in [2.24, 2.45) is 0 Å². The van der Waals surface area contributed by atoms with E-state index >= 15 is 0 Å². The molecule has 0 amide bonds. The maximum absolute atomic E-state index is 11.8. The number of esters is 1. The summed E-state index contributed by atoms with van der Waals surface area (Å²) in [6, 6.07) is 0. The first-order valence-electron chi connectivity index (χ1n) is 12.3. The number of carbonyl (C=O) groups is 1. The number of carbonyl (C=O) groups excluding carboxylic acids is 1. The monoisotopic (exact) mass is 426 g/mol. The summed E-state index contributed by atoms with van der Waals surface area (Å²) in [5.74, 6) is -0.286. The van der Waals surface area contributed by atoms with E-state index in [1.165, 1.54) is 64.2 Å². The Morgan fingerprint density at radius 1 is 1.03 bits per heavy atom. The summed E-state index contributed by atoms with van der Waals surface area (Å²) in [6.45, 7) is 4.19. The predicted octanol–water partition coefficient (Wildman–Crippen LogP) is 5.47. The minimum atomic E-state index is -1.06. The van der Waals surface area contributed by atoms with Crippen LogP contribution in [0.5, 0.6) is 0 Å². The SMILES string of the molecule is CCCCCCCC=CCCCCCCCCC(=O)OCC(O)C1OCCC1(C)O. The van der Waals surface area contributed by atoms with Crippen molar-refractivity contribution >= 4 is 5.97 Å². The van der Waals surface area contributed by atoms with Crippen LogP contribution in [0.1, 0.15) is 110 Å². The molecular weight excluding hydrogens is 380 g/mol. The molecule has 176 valence electrons. The molecule has 2 N–H and O–H groups in total. The lowest BCUT2D eigenvalue weighted by Gasteiger charge is -2.27. The largest absolute Gasteiger partial charge is 0.463 e. The molecule has 5 heteroatoms. The highest BCUT2D eigenvalue weighted by Crippen LogP contribution is 2.27. The van der Waals surface area contributed by atoms with Gasteiger partial charge in [0.05, 0.1) is 12.2 Å². The van der Waals surface area contributed by atoms with Crippen LogP contribution in [0.2, 0.25) is 0 Å². The molecule has 30 heavy (non-hydrogen) atoms. The molecule has 0 saturated carbocycles. The van der Waals surface area contributed by atoms with Crippen LogP contribution < -0.4 is 0 Å². The number of hydrogen-bond acceptors (Lipinski definition) is 5. The quantitative estimate of drug-likeness (QED) is 0.173. The third kappa shape index (κ3) is 12.7. The summed E-state index contributed by atoms with van der Waals surface area (Å²) in [6.07, 6.45) is 19.7. The number of aliphatic hydroxyl groups is 2. The number of ether oxygens (including phenoxy) is 2. The van der Waals surface area contributed by atoms with Gasteiger partial charge in [0.2, 0.25) is 0 Å². The molecule has 0 aliphatic carbocycles. The summed E-state index contributed by atoms with van der Waals surface area (Å²) in [7, 11) is 0. The second-order valence-corrected chi connectivity index (χ2v) is 8.98. The Morgan fingerprint density at radius 2 is 1.60 bits per heavy atom. The van der Waals surface area contributed by atoms with Gasteiger partial charge < -0.3 is 19.7 Å². The fourth-order valence-electron chi connectivity index (χ4n) is 3.92. The molecule has 0 spiro atoms. The number of unbranched alkanes of at least 4 members (excludes halogenated alkanes) is 11. The first-order chi connectivity index (χ1) is 14.5. The zero-order chi connectivity index (χ0) is 22.1. The molecule has 3 atom stereocenters. The zero-order valence-electron chi connectivity index (χ0n) is 19.4. The molecule has 1 rings (SSSR count). The van der Waals surface area contributed by atoms with Crippen molar-refractivity contribution in [1.29, 1.82) is 0 Å². The number of hydrogen-bond donors (Lipinski definition) is 2. The summed E-state index contributed by atoms with van der Waals surface area (Å²) < 4.78 is 10.5. The molecule has 0 aromatic heterocycles. The highest BCUT2D eigenvalue weighted by Gasteiger charge is 2.42. The number of aliphatic hydroxyl groups excluding tert-OH is 1. The van der Waals surface area contributed by atoms with Crippen molar-refractivity contribution in [3.63, 3.8) is 0 Å². The van der Waals surface area contributed by atoms with E-state index in [9.17, 15) is 15.0 Å². The Hall–Kier alpha value is -0.910. The topological polar surface area (TPSA) is 76.0 Å². The third-order valence-corrected chi connectivity index (χ3v) is 5.93. The van der Waals surface area contributed by atoms with Crippen LogP contribution in [0.15, 0.2) is 12.2 Å². The minimum Gasteiger partial charge on any atom is -0.463 e. The summed E-state index contributed by atoms with van der Waals surface area (Å²) in [4.78, 5) is 11.8. The van der Waals surface area contributed by atoms with Crippen LogP contribution >= 0.6 is 0 Å². The van der Waals surface area contributed by atoms with Crippen molar-refractivity contribution in [2.75, 3.05) is 13.2 Å². The first kappa shape index (κ1) is 27.1. The fourth-order valence-corrected chi connectivity index (χ4v) is 3.92. The van der Waals surface area contributed by atoms with Crippen LogP contribution in [0, 0.1) is 0 Å². The van der Waals surface area contributed by atoms with Gasteiger partial charge in [0.25, 0.3) is 0 Å². The van der Waals surface area contributed by atoms with Gasteiger partial charge in [0.1, 0.15) is 18.8 Å². The second kappa shape index (κ2) is 16.7. The van der Waals surface area contributed by atoms with E-state index in [2.05, 4.69) is 19.1 Å². The fraction of sp³-hybridized carbons (Fsp3) is 0.880. The van der Waals surface area contributed by atoms with E-state index in [4.69, 9.17) is 9.47 Å². The third-order valence-electron chi connectivity index (χ3n) is 5.93. The lowest BCUT2D eigenvalue weighted by Crippen LogP contribution is -2.45. The van der Waals surface area contributed by atoms with Crippen molar-refractivity contribution < 1.29 is 24.5 Å². The van der Waals surface area contributed by atoms with Crippen LogP contribution in [0.3, 0.4) is 0 Å². The molecule has 1 saturated heterocycles. The number of rotatable bonds is 18. The standard InChI is InChI=1S/C25H46O5/c1-3-4-5-6-7-8-9-10-11-12-13-14-15-16-17-18-23(27)30-21-22(26)24-25(2,28)19-20-29-24/h9-10,22,24,26,28H,3-8,11-21H2,1-2H3. The van der Waals surface area contributed by atoms with Crippen molar-refractivity contribution in [3.8, 4) is 0 Å².